The summed E-state index contributed by atoms with van der Waals surface area (Å²) >= 11 is 0. The molecule has 0 aliphatic heterocycles. The van der Waals surface area contributed by atoms with Gasteiger partial charge in [0.1, 0.15) is 17.9 Å². The lowest BCUT2D eigenvalue weighted by Crippen LogP contribution is -2.01. The summed E-state index contributed by atoms with van der Waals surface area (Å²) in [5, 5.41) is 8.86. The van der Waals surface area contributed by atoms with Crippen LogP contribution in [0.3, 0.4) is 0 Å². The van der Waals surface area contributed by atoms with E-state index in [-0.39, 0.29) is 12.2 Å². The predicted octanol–water partition coefficient (Wildman–Crippen LogP) is 2.69. The third-order valence-electron chi connectivity index (χ3n) is 2.32. The number of hydrogen-bond donors (Lipinski definition) is 1. The van der Waals surface area contributed by atoms with E-state index in [4.69, 9.17) is 14.3 Å². The normalized spacial score (nSPS) is 10.4. The fourth-order valence-corrected chi connectivity index (χ4v) is 1.48. The van der Waals surface area contributed by atoms with Crippen LogP contribution in [-0.2, 0) is 18.0 Å². The molecule has 2 rings (SSSR count). The van der Waals surface area contributed by atoms with Crippen molar-refractivity contribution >= 4 is 5.97 Å². The number of aromatic carboxylic acids is 1. The molecule has 0 saturated heterocycles. The molecule has 1 aromatic carbocycles. The van der Waals surface area contributed by atoms with E-state index in [1.165, 1.54) is 12.3 Å². The van der Waals surface area contributed by atoms with Crippen LogP contribution in [0.4, 0.5) is 0 Å². The van der Waals surface area contributed by atoms with Gasteiger partial charge in [-0.25, -0.2) is 4.79 Å². The summed E-state index contributed by atoms with van der Waals surface area (Å²) in [5.74, 6) is -0.662. The molecular formula is C13H12O4. The van der Waals surface area contributed by atoms with Gasteiger partial charge < -0.3 is 14.3 Å². The van der Waals surface area contributed by atoms with Gasteiger partial charge >= 0.3 is 5.97 Å². The summed E-state index contributed by atoms with van der Waals surface area (Å²) in [6.45, 7) is 0.587. The first-order valence-corrected chi connectivity index (χ1v) is 5.18. The Kier molecular flexibility index (Phi) is 3.57. The molecule has 0 spiro atoms. The van der Waals surface area contributed by atoms with Crippen molar-refractivity contribution in [2.75, 3.05) is 0 Å². The standard InChI is InChI=1S/C13H12O4/c14-13(15)11-6-7-17-12(11)9-16-8-10-4-2-1-3-5-10/h1-7H,8-9H2,(H,14,15). The number of hydrogen-bond acceptors (Lipinski definition) is 3. The molecule has 1 heterocycles. The largest absolute Gasteiger partial charge is 0.478 e. The van der Waals surface area contributed by atoms with Crippen LogP contribution in [0, 0.1) is 0 Å². The minimum atomic E-state index is -1.00. The summed E-state index contributed by atoms with van der Waals surface area (Å²) in [5.41, 5.74) is 1.19. The van der Waals surface area contributed by atoms with E-state index in [1.54, 1.807) is 0 Å². The van der Waals surface area contributed by atoms with E-state index >= 15 is 0 Å². The Labute approximate surface area is 98.4 Å². The van der Waals surface area contributed by atoms with Crippen molar-refractivity contribution in [2.45, 2.75) is 13.2 Å². The van der Waals surface area contributed by atoms with Gasteiger partial charge in [0.25, 0.3) is 0 Å². The average molecular weight is 232 g/mol. The fourth-order valence-electron chi connectivity index (χ4n) is 1.48. The maximum atomic E-state index is 10.8. The zero-order chi connectivity index (χ0) is 12.1. The van der Waals surface area contributed by atoms with Gasteiger partial charge in [-0.05, 0) is 11.6 Å². The zero-order valence-electron chi connectivity index (χ0n) is 9.13. The number of carboxylic acids is 1. The topological polar surface area (TPSA) is 59.7 Å². The molecule has 0 saturated carbocycles. The Morgan fingerprint density at radius 1 is 1.18 bits per heavy atom. The Morgan fingerprint density at radius 3 is 2.65 bits per heavy atom. The molecule has 0 unspecified atom stereocenters. The first-order valence-electron chi connectivity index (χ1n) is 5.18. The van der Waals surface area contributed by atoms with Crippen LogP contribution < -0.4 is 0 Å². The number of carboxylic acid groups (broad SMARTS) is 1. The molecule has 4 heteroatoms. The third kappa shape index (κ3) is 2.95. The van der Waals surface area contributed by atoms with Gasteiger partial charge in [-0.15, -0.1) is 0 Å². The van der Waals surface area contributed by atoms with E-state index in [9.17, 15) is 4.79 Å². The number of ether oxygens (including phenoxy) is 1. The molecule has 0 aliphatic carbocycles. The monoisotopic (exact) mass is 232 g/mol. The second-order valence-electron chi connectivity index (χ2n) is 3.54. The first kappa shape index (κ1) is 11.4. The number of carbonyl (C=O) groups is 1. The summed E-state index contributed by atoms with van der Waals surface area (Å²) < 4.78 is 10.5. The van der Waals surface area contributed by atoms with Gasteiger partial charge in [-0.1, -0.05) is 30.3 Å². The van der Waals surface area contributed by atoms with Crippen molar-refractivity contribution in [1.29, 1.82) is 0 Å². The smallest absolute Gasteiger partial charge is 0.339 e. The first-order chi connectivity index (χ1) is 8.27. The molecule has 1 aromatic heterocycles. The average Bonchev–Trinajstić information content (AvgIpc) is 2.79. The van der Waals surface area contributed by atoms with Gasteiger partial charge in [0.05, 0.1) is 12.9 Å². The van der Waals surface area contributed by atoms with Crippen LogP contribution >= 0.6 is 0 Å². The lowest BCUT2D eigenvalue weighted by Gasteiger charge is -2.03. The molecule has 0 aliphatic rings. The van der Waals surface area contributed by atoms with Crippen molar-refractivity contribution in [3.05, 3.63) is 59.5 Å². The van der Waals surface area contributed by atoms with Crippen LogP contribution in [0.15, 0.2) is 47.1 Å². The van der Waals surface area contributed by atoms with Crippen molar-refractivity contribution in [3.8, 4) is 0 Å². The molecule has 0 fully saturated rings. The Bertz CT molecular complexity index is 487. The van der Waals surface area contributed by atoms with Crippen LogP contribution in [0.25, 0.3) is 0 Å². The molecule has 4 nitrogen and oxygen atoms in total. The second-order valence-corrected chi connectivity index (χ2v) is 3.54. The molecular weight excluding hydrogens is 220 g/mol. The zero-order valence-corrected chi connectivity index (χ0v) is 9.13. The van der Waals surface area contributed by atoms with Crippen molar-refractivity contribution in [3.63, 3.8) is 0 Å². The SMILES string of the molecule is O=C(O)c1ccoc1COCc1ccccc1. The molecule has 0 radical (unpaired) electrons. The highest BCUT2D eigenvalue weighted by Crippen LogP contribution is 2.12. The van der Waals surface area contributed by atoms with Gasteiger partial charge in [-0.3, -0.25) is 0 Å². The summed E-state index contributed by atoms with van der Waals surface area (Å²) in [6, 6.07) is 11.1. The van der Waals surface area contributed by atoms with Crippen LogP contribution in [0.2, 0.25) is 0 Å². The highest BCUT2D eigenvalue weighted by molar-refractivity contribution is 5.88. The van der Waals surface area contributed by atoms with E-state index < -0.39 is 5.97 Å². The number of rotatable bonds is 5. The lowest BCUT2D eigenvalue weighted by molar-refractivity contribution is 0.0671. The number of benzene rings is 1. The molecule has 2 aromatic rings. The van der Waals surface area contributed by atoms with E-state index in [0.717, 1.165) is 5.56 Å². The molecule has 1 N–H and O–H groups in total. The fraction of sp³-hybridized carbons (Fsp3) is 0.154. The molecule has 17 heavy (non-hydrogen) atoms. The quantitative estimate of drug-likeness (QED) is 0.861. The highest BCUT2D eigenvalue weighted by Gasteiger charge is 2.12. The minimum Gasteiger partial charge on any atom is -0.478 e. The lowest BCUT2D eigenvalue weighted by atomic mass is 10.2. The van der Waals surface area contributed by atoms with Crippen LogP contribution in [-0.4, -0.2) is 11.1 Å². The Morgan fingerprint density at radius 2 is 1.94 bits per heavy atom. The summed E-state index contributed by atoms with van der Waals surface area (Å²) in [6.07, 6.45) is 1.35. The summed E-state index contributed by atoms with van der Waals surface area (Å²) in [7, 11) is 0. The minimum absolute atomic E-state index is 0.151. The highest BCUT2D eigenvalue weighted by atomic mass is 16.5. The van der Waals surface area contributed by atoms with E-state index in [0.29, 0.717) is 12.4 Å². The van der Waals surface area contributed by atoms with Gasteiger partial charge in [0, 0.05) is 0 Å². The van der Waals surface area contributed by atoms with Crippen molar-refractivity contribution in [1.82, 2.24) is 0 Å². The molecule has 88 valence electrons. The third-order valence-corrected chi connectivity index (χ3v) is 2.32. The maximum Gasteiger partial charge on any atom is 0.339 e. The van der Waals surface area contributed by atoms with Crippen molar-refractivity contribution in [2.24, 2.45) is 0 Å². The predicted molar refractivity (Wildman–Crippen MR) is 60.6 cm³/mol. The second kappa shape index (κ2) is 5.32. The maximum absolute atomic E-state index is 10.8. The van der Waals surface area contributed by atoms with Crippen LogP contribution in [0.5, 0.6) is 0 Å². The van der Waals surface area contributed by atoms with Crippen molar-refractivity contribution < 1.29 is 19.1 Å². The molecule has 0 bridgehead atoms. The summed E-state index contributed by atoms with van der Waals surface area (Å²) in [4.78, 5) is 10.8. The van der Waals surface area contributed by atoms with E-state index in [2.05, 4.69) is 0 Å². The van der Waals surface area contributed by atoms with E-state index in [1.807, 2.05) is 30.3 Å². The van der Waals surface area contributed by atoms with Gasteiger partial charge in [-0.2, -0.15) is 0 Å². The van der Waals surface area contributed by atoms with Gasteiger partial charge in [0.2, 0.25) is 0 Å². The Balaban J connectivity index is 1.90. The van der Waals surface area contributed by atoms with Gasteiger partial charge in [0.15, 0.2) is 0 Å². The molecule has 0 atom stereocenters. The number of furan rings is 1. The van der Waals surface area contributed by atoms with Crippen LogP contribution in [0.1, 0.15) is 21.7 Å². The molecule has 0 amide bonds. The Hall–Kier alpha value is -2.07.